The van der Waals surface area contributed by atoms with Gasteiger partial charge in [-0.1, -0.05) is 5.16 Å². The molecule has 2 rings (SSSR count). The van der Waals surface area contributed by atoms with Crippen LogP contribution in [0.4, 0.5) is 0 Å². The van der Waals surface area contributed by atoms with E-state index in [2.05, 4.69) is 10.1 Å². The molecule has 0 aromatic carbocycles. The van der Waals surface area contributed by atoms with E-state index in [-0.39, 0.29) is 6.42 Å². The van der Waals surface area contributed by atoms with Crippen molar-refractivity contribution in [2.45, 2.75) is 20.3 Å². The maximum absolute atomic E-state index is 10.5. The summed E-state index contributed by atoms with van der Waals surface area (Å²) in [5, 5.41) is 15.0. The molecule has 2 heterocycles. The molecule has 0 aliphatic heterocycles. The Bertz CT molecular complexity index is 510. The van der Waals surface area contributed by atoms with Crippen LogP contribution in [0.3, 0.4) is 0 Å². The second kappa shape index (κ2) is 4.05. The number of aryl methyl sites for hydroxylation is 2. The van der Waals surface area contributed by atoms with E-state index < -0.39 is 5.97 Å². The van der Waals surface area contributed by atoms with E-state index in [0.717, 1.165) is 16.3 Å². The average Bonchev–Trinajstić information content (AvgIpc) is 2.73. The van der Waals surface area contributed by atoms with Crippen LogP contribution < -0.4 is 0 Å². The van der Waals surface area contributed by atoms with Gasteiger partial charge in [-0.2, -0.15) is 0 Å². The van der Waals surface area contributed by atoms with Crippen LogP contribution in [0.5, 0.6) is 0 Å². The van der Waals surface area contributed by atoms with Crippen molar-refractivity contribution in [1.29, 1.82) is 0 Å². The van der Waals surface area contributed by atoms with Crippen molar-refractivity contribution in [2.75, 3.05) is 0 Å². The number of aromatic nitrogens is 2. The zero-order valence-corrected chi connectivity index (χ0v) is 9.67. The molecule has 0 aliphatic carbocycles. The van der Waals surface area contributed by atoms with Gasteiger partial charge in [0.25, 0.3) is 0 Å². The average molecular weight is 238 g/mol. The van der Waals surface area contributed by atoms with Gasteiger partial charge in [0.15, 0.2) is 0 Å². The smallest absolute Gasteiger partial charge is 0.309 e. The SMILES string of the molecule is Cc1noc(C)c1-c1nc(CC(=O)O)cs1. The van der Waals surface area contributed by atoms with Crippen molar-refractivity contribution in [2.24, 2.45) is 0 Å². The van der Waals surface area contributed by atoms with E-state index in [9.17, 15) is 4.79 Å². The fourth-order valence-electron chi connectivity index (χ4n) is 1.45. The molecule has 0 unspecified atom stereocenters. The summed E-state index contributed by atoms with van der Waals surface area (Å²) in [7, 11) is 0. The van der Waals surface area contributed by atoms with Gasteiger partial charge < -0.3 is 9.63 Å². The van der Waals surface area contributed by atoms with Crippen molar-refractivity contribution < 1.29 is 14.4 Å². The summed E-state index contributed by atoms with van der Waals surface area (Å²) in [5.41, 5.74) is 2.20. The summed E-state index contributed by atoms with van der Waals surface area (Å²) in [6.45, 7) is 3.65. The van der Waals surface area contributed by atoms with Crippen LogP contribution in [0.1, 0.15) is 17.1 Å². The fraction of sp³-hybridized carbons (Fsp3) is 0.300. The molecular formula is C10H10N2O3S. The Hall–Kier alpha value is -1.69. The van der Waals surface area contributed by atoms with Gasteiger partial charge in [0, 0.05) is 5.38 Å². The zero-order valence-electron chi connectivity index (χ0n) is 8.85. The van der Waals surface area contributed by atoms with Crippen molar-refractivity contribution in [3.8, 4) is 10.6 Å². The number of carbonyl (C=O) groups is 1. The second-order valence-electron chi connectivity index (χ2n) is 3.41. The lowest BCUT2D eigenvalue weighted by Gasteiger charge is -1.92. The molecular weight excluding hydrogens is 228 g/mol. The summed E-state index contributed by atoms with van der Waals surface area (Å²) in [4.78, 5) is 14.8. The van der Waals surface area contributed by atoms with E-state index in [0.29, 0.717) is 11.5 Å². The molecule has 0 aliphatic rings. The molecule has 0 spiro atoms. The number of nitrogens with zero attached hydrogens (tertiary/aromatic N) is 2. The first kappa shape index (κ1) is 10.8. The molecule has 0 fully saturated rings. The monoisotopic (exact) mass is 238 g/mol. The Kier molecular flexibility index (Phi) is 2.74. The van der Waals surface area contributed by atoms with Crippen LogP contribution in [0.25, 0.3) is 10.6 Å². The topological polar surface area (TPSA) is 76.2 Å². The lowest BCUT2D eigenvalue weighted by molar-refractivity contribution is -0.136. The molecule has 0 amide bonds. The first-order chi connectivity index (χ1) is 7.58. The molecule has 0 bridgehead atoms. The van der Waals surface area contributed by atoms with Crippen molar-refractivity contribution in [3.63, 3.8) is 0 Å². The van der Waals surface area contributed by atoms with E-state index in [1.54, 1.807) is 5.38 Å². The Labute approximate surface area is 95.7 Å². The van der Waals surface area contributed by atoms with Gasteiger partial charge in [0.2, 0.25) is 0 Å². The number of rotatable bonds is 3. The lowest BCUT2D eigenvalue weighted by atomic mass is 10.2. The van der Waals surface area contributed by atoms with Crippen LogP contribution in [-0.2, 0) is 11.2 Å². The number of hydrogen-bond donors (Lipinski definition) is 1. The van der Waals surface area contributed by atoms with E-state index >= 15 is 0 Å². The molecule has 2 aromatic heterocycles. The van der Waals surface area contributed by atoms with Crippen LogP contribution in [0.15, 0.2) is 9.90 Å². The summed E-state index contributed by atoms with van der Waals surface area (Å²) in [5.74, 6) is -0.177. The largest absolute Gasteiger partial charge is 0.481 e. The highest BCUT2D eigenvalue weighted by Crippen LogP contribution is 2.29. The van der Waals surface area contributed by atoms with E-state index in [1.165, 1.54) is 11.3 Å². The van der Waals surface area contributed by atoms with Gasteiger partial charge in [-0.15, -0.1) is 11.3 Å². The minimum Gasteiger partial charge on any atom is -0.481 e. The predicted octanol–water partition coefficient (Wildman–Crippen LogP) is 2.04. The second-order valence-corrected chi connectivity index (χ2v) is 4.27. The Balaban J connectivity index is 2.35. The summed E-state index contributed by atoms with van der Waals surface area (Å²) >= 11 is 1.40. The number of hydrogen-bond acceptors (Lipinski definition) is 5. The predicted molar refractivity (Wildman–Crippen MR) is 58.4 cm³/mol. The van der Waals surface area contributed by atoms with Crippen molar-refractivity contribution in [1.82, 2.24) is 10.1 Å². The molecule has 0 atom stereocenters. The maximum Gasteiger partial charge on any atom is 0.309 e. The Morgan fingerprint density at radius 3 is 2.88 bits per heavy atom. The summed E-state index contributed by atoms with van der Waals surface area (Å²) in [6.07, 6.45) is -0.0557. The van der Waals surface area contributed by atoms with E-state index in [1.807, 2.05) is 13.8 Å². The molecule has 6 heteroatoms. The van der Waals surface area contributed by atoms with Gasteiger partial charge in [-0.05, 0) is 13.8 Å². The normalized spacial score (nSPS) is 10.6. The molecule has 16 heavy (non-hydrogen) atoms. The quantitative estimate of drug-likeness (QED) is 0.885. The minimum absolute atomic E-state index is 0.0557. The lowest BCUT2D eigenvalue weighted by Crippen LogP contribution is -1.99. The van der Waals surface area contributed by atoms with Gasteiger partial charge >= 0.3 is 5.97 Å². The summed E-state index contributed by atoms with van der Waals surface area (Å²) in [6, 6.07) is 0. The molecule has 0 saturated heterocycles. The van der Waals surface area contributed by atoms with Crippen LogP contribution >= 0.6 is 11.3 Å². The molecule has 1 N–H and O–H groups in total. The third-order valence-electron chi connectivity index (χ3n) is 2.13. The fourth-order valence-corrected chi connectivity index (χ4v) is 2.41. The minimum atomic E-state index is -0.879. The number of thiazole rings is 1. The summed E-state index contributed by atoms with van der Waals surface area (Å²) < 4.78 is 5.04. The van der Waals surface area contributed by atoms with E-state index in [4.69, 9.17) is 9.63 Å². The molecule has 0 saturated carbocycles. The first-order valence-corrected chi connectivity index (χ1v) is 5.55. The molecule has 5 nitrogen and oxygen atoms in total. The Morgan fingerprint density at radius 1 is 1.56 bits per heavy atom. The zero-order chi connectivity index (χ0) is 11.7. The van der Waals surface area contributed by atoms with Gasteiger partial charge in [0.1, 0.15) is 10.8 Å². The van der Waals surface area contributed by atoms with Gasteiger partial charge in [-0.3, -0.25) is 4.79 Å². The Morgan fingerprint density at radius 2 is 2.31 bits per heavy atom. The number of aliphatic carboxylic acids is 1. The third kappa shape index (κ3) is 1.96. The van der Waals surface area contributed by atoms with Gasteiger partial charge in [-0.25, -0.2) is 4.98 Å². The van der Waals surface area contributed by atoms with Crippen LogP contribution in [0, 0.1) is 13.8 Å². The van der Waals surface area contributed by atoms with Gasteiger partial charge in [0.05, 0.1) is 23.4 Å². The van der Waals surface area contributed by atoms with Crippen LogP contribution in [-0.4, -0.2) is 21.2 Å². The molecule has 0 radical (unpaired) electrons. The van der Waals surface area contributed by atoms with Crippen LogP contribution in [0.2, 0.25) is 0 Å². The van der Waals surface area contributed by atoms with Crippen molar-refractivity contribution >= 4 is 17.3 Å². The number of carboxylic acid groups (broad SMARTS) is 1. The molecule has 84 valence electrons. The van der Waals surface area contributed by atoms with Crippen molar-refractivity contribution in [3.05, 3.63) is 22.5 Å². The maximum atomic E-state index is 10.5. The first-order valence-electron chi connectivity index (χ1n) is 4.67. The highest BCUT2D eigenvalue weighted by Gasteiger charge is 2.15. The molecule has 2 aromatic rings. The number of carboxylic acids is 1. The standard InChI is InChI=1S/C10H10N2O3S/c1-5-9(6(2)15-12-5)10-11-7(4-16-10)3-8(13)14/h4H,3H2,1-2H3,(H,13,14). The highest BCUT2D eigenvalue weighted by molar-refractivity contribution is 7.13. The highest BCUT2D eigenvalue weighted by atomic mass is 32.1. The third-order valence-corrected chi connectivity index (χ3v) is 3.04.